The lowest BCUT2D eigenvalue weighted by molar-refractivity contribution is 0.441. The summed E-state index contributed by atoms with van der Waals surface area (Å²) in [5.74, 6) is -1.58. The molecule has 0 amide bonds. The monoisotopic (exact) mass is 298 g/mol. The maximum atomic E-state index is 13.1. The van der Waals surface area contributed by atoms with Crippen LogP contribution in [0.4, 0.5) is 14.5 Å². The van der Waals surface area contributed by atoms with Crippen molar-refractivity contribution in [3.8, 4) is 0 Å². The van der Waals surface area contributed by atoms with Crippen molar-refractivity contribution in [1.82, 2.24) is 5.32 Å². The molecule has 4 nitrogen and oxygen atoms in total. The van der Waals surface area contributed by atoms with Crippen LogP contribution in [0.5, 0.6) is 0 Å². The highest BCUT2D eigenvalue weighted by Gasteiger charge is 2.31. The normalized spacial score (nSPS) is 15.7. The van der Waals surface area contributed by atoms with Crippen LogP contribution in [0.3, 0.4) is 0 Å². The van der Waals surface area contributed by atoms with Gasteiger partial charge >= 0.3 is 0 Å². The van der Waals surface area contributed by atoms with Crippen molar-refractivity contribution in [2.24, 2.45) is 0 Å². The Bertz CT molecular complexity index is 514. The van der Waals surface area contributed by atoms with Crippen molar-refractivity contribution >= 4 is 28.1 Å². The van der Waals surface area contributed by atoms with E-state index >= 15 is 0 Å². The van der Waals surface area contributed by atoms with Crippen molar-refractivity contribution in [1.29, 1.82) is 0 Å². The zero-order chi connectivity index (χ0) is 12.6. The van der Waals surface area contributed by atoms with Gasteiger partial charge in [-0.25, -0.2) is 17.2 Å². The molecule has 0 radical (unpaired) electrons. The van der Waals surface area contributed by atoms with Crippen molar-refractivity contribution in [2.75, 3.05) is 23.7 Å². The first-order valence-electron chi connectivity index (χ1n) is 5.04. The Kier molecular flexibility index (Phi) is 4.52. The first-order chi connectivity index (χ1) is 7.88. The zero-order valence-electron chi connectivity index (χ0n) is 9.56. The van der Waals surface area contributed by atoms with Gasteiger partial charge in [0.15, 0.2) is 0 Å². The number of anilines is 1. The number of sulfonamides is 1. The fourth-order valence-corrected chi connectivity index (χ4v) is 2.96. The van der Waals surface area contributed by atoms with Crippen LogP contribution in [0.25, 0.3) is 0 Å². The van der Waals surface area contributed by atoms with Gasteiger partial charge in [-0.1, -0.05) is 0 Å². The molecule has 1 fully saturated rings. The van der Waals surface area contributed by atoms with Gasteiger partial charge in [0.05, 0.1) is 18.0 Å². The van der Waals surface area contributed by atoms with Gasteiger partial charge in [0.1, 0.15) is 11.6 Å². The fourth-order valence-electron chi connectivity index (χ4n) is 1.78. The number of hydrogen-bond donors (Lipinski definition) is 1. The minimum Gasteiger partial charge on any atom is -0.312 e. The second-order valence-electron chi connectivity index (χ2n) is 4.00. The Hall–Kier alpha value is -0.920. The third-order valence-electron chi connectivity index (χ3n) is 2.55. The van der Waals surface area contributed by atoms with Crippen LogP contribution < -0.4 is 9.62 Å². The first-order valence-corrected chi connectivity index (χ1v) is 6.89. The average molecular weight is 299 g/mol. The summed E-state index contributed by atoms with van der Waals surface area (Å²) in [6, 6.07) is 2.46. The molecule has 1 aliphatic rings. The summed E-state index contributed by atoms with van der Waals surface area (Å²) >= 11 is 0. The Morgan fingerprint density at radius 1 is 1.22 bits per heavy atom. The molecule has 0 aromatic heterocycles. The van der Waals surface area contributed by atoms with Crippen LogP contribution in [-0.2, 0) is 10.0 Å². The molecule has 0 spiro atoms. The number of benzene rings is 1. The van der Waals surface area contributed by atoms with Crippen LogP contribution in [0, 0.1) is 11.6 Å². The standard InChI is InChI=1S/C10H12F2N2O2S.ClH/c1-17(15,16)14(10-5-13-6-10)9-3-7(11)2-8(12)4-9;/h2-4,10,13H,5-6H2,1H3;1H. The Morgan fingerprint density at radius 3 is 2.06 bits per heavy atom. The molecule has 18 heavy (non-hydrogen) atoms. The maximum absolute atomic E-state index is 13.1. The quantitative estimate of drug-likeness (QED) is 0.910. The van der Waals surface area contributed by atoms with E-state index < -0.39 is 21.7 Å². The highest BCUT2D eigenvalue weighted by molar-refractivity contribution is 7.92. The van der Waals surface area contributed by atoms with Crippen molar-refractivity contribution in [2.45, 2.75) is 6.04 Å². The molecule has 1 heterocycles. The van der Waals surface area contributed by atoms with Crippen LogP contribution in [0.2, 0.25) is 0 Å². The summed E-state index contributed by atoms with van der Waals surface area (Å²) < 4.78 is 50.5. The Labute approximate surface area is 110 Å². The van der Waals surface area contributed by atoms with Gasteiger partial charge in [-0.15, -0.1) is 12.4 Å². The summed E-state index contributed by atoms with van der Waals surface area (Å²) in [6.07, 6.45) is 1.02. The molecule has 0 aliphatic carbocycles. The highest BCUT2D eigenvalue weighted by Crippen LogP contribution is 2.24. The fraction of sp³-hybridized carbons (Fsp3) is 0.400. The molecule has 2 rings (SSSR count). The van der Waals surface area contributed by atoms with E-state index in [2.05, 4.69) is 5.32 Å². The zero-order valence-corrected chi connectivity index (χ0v) is 11.2. The van der Waals surface area contributed by atoms with Gasteiger partial charge in [0.2, 0.25) is 10.0 Å². The minimum absolute atomic E-state index is 0. The largest absolute Gasteiger partial charge is 0.312 e. The topological polar surface area (TPSA) is 49.4 Å². The van der Waals surface area contributed by atoms with E-state index in [1.807, 2.05) is 0 Å². The lowest BCUT2D eigenvalue weighted by atomic mass is 10.1. The van der Waals surface area contributed by atoms with Gasteiger partial charge in [-0.2, -0.15) is 0 Å². The second kappa shape index (κ2) is 5.38. The highest BCUT2D eigenvalue weighted by atomic mass is 35.5. The Morgan fingerprint density at radius 2 is 1.72 bits per heavy atom. The molecule has 8 heteroatoms. The van der Waals surface area contributed by atoms with Crippen LogP contribution in [0.1, 0.15) is 0 Å². The molecular weight excluding hydrogens is 286 g/mol. The number of nitrogens with zero attached hydrogens (tertiary/aromatic N) is 1. The predicted octanol–water partition coefficient (Wildman–Crippen LogP) is 1.12. The lowest BCUT2D eigenvalue weighted by Gasteiger charge is -2.37. The molecular formula is C10H13ClF2N2O2S. The first kappa shape index (κ1) is 15.1. The molecule has 0 unspecified atom stereocenters. The lowest BCUT2D eigenvalue weighted by Crippen LogP contribution is -2.59. The second-order valence-corrected chi connectivity index (χ2v) is 5.86. The van der Waals surface area contributed by atoms with Crippen molar-refractivity contribution in [3.63, 3.8) is 0 Å². The number of halogens is 3. The molecule has 1 aromatic carbocycles. The van der Waals surface area contributed by atoms with Gasteiger partial charge in [-0.3, -0.25) is 4.31 Å². The molecule has 102 valence electrons. The number of rotatable bonds is 3. The summed E-state index contributed by atoms with van der Waals surface area (Å²) in [5.41, 5.74) is 0.0245. The Balaban J connectivity index is 0.00000162. The maximum Gasteiger partial charge on any atom is 0.232 e. The molecule has 1 aromatic rings. The van der Waals surface area contributed by atoms with Gasteiger partial charge in [-0.05, 0) is 12.1 Å². The molecule has 0 bridgehead atoms. The van der Waals surface area contributed by atoms with E-state index in [0.29, 0.717) is 19.2 Å². The SMILES string of the molecule is CS(=O)(=O)N(c1cc(F)cc(F)c1)C1CNC1.Cl. The third-order valence-corrected chi connectivity index (χ3v) is 3.77. The van der Waals surface area contributed by atoms with Crippen LogP contribution in [-0.4, -0.2) is 33.8 Å². The smallest absolute Gasteiger partial charge is 0.232 e. The van der Waals surface area contributed by atoms with Crippen LogP contribution >= 0.6 is 12.4 Å². The van der Waals surface area contributed by atoms with E-state index in [1.165, 1.54) is 0 Å². The van der Waals surface area contributed by atoms with E-state index in [9.17, 15) is 17.2 Å². The third kappa shape index (κ3) is 3.09. The van der Waals surface area contributed by atoms with Crippen molar-refractivity contribution < 1.29 is 17.2 Å². The molecule has 1 aliphatic heterocycles. The molecule has 1 saturated heterocycles. The predicted molar refractivity (Wildman–Crippen MR) is 67.6 cm³/mol. The summed E-state index contributed by atoms with van der Waals surface area (Å²) in [7, 11) is -3.55. The van der Waals surface area contributed by atoms with E-state index in [4.69, 9.17) is 0 Å². The number of nitrogens with one attached hydrogen (secondary N) is 1. The summed E-state index contributed by atoms with van der Waals surface area (Å²) in [4.78, 5) is 0. The van der Waals surface area contributed by atoms with E-state index in [-0.39, 0.29) is 24.1 Å². The van der Waals surface area contributed by atoms with Gasteiger partial charge in [0.25, 0.3) is 0 Å². The van der Waals surface area contributed by atoms with E-state index in [0.717, 1.165) is 22.7 Å². The van der Waals surface area contributed by atoms with Gasteiger partial charge in [0, 0.05) is 19.2 Å². The minimum atomic E-state index is -3.55. The molecule has 0 saturated carbocycles. The van der Waals surface area contributed by atoms with E-state index in [1.54, 1.807) is 0 Å². The summed E-state index contributed by atoms with van der Waals surface area (Å²) in [6.45, 7) is 0.955. The molecule has 0 atom stereocenters. The number of hydrogen-bond acceptors (Lipinski definition) is 3. The average Bonchev–Trinajstić information content (AvgIpc) is 2.06. The van der Waals surface area contributed by atoms with Crippen LogP contribution in [0.15, 0.2) is 18.2 Å². The van der Waals surface area contributed by atoms with Gasteiger partial charge < -0.3 is 5.32 Å². The summed E-state index contributed by atoms with van der Waals surface area (Å²) in [5, 5.41) is 2.92. The van der Waals surface area contributed by atoms with Crippen molar-refractivity contribution in [3.05, 3.63) is 29.8 Å². The molecule has 1 N–H and O–H groups in total.